The van der Waals surface area contributed by atoms with Crippen LogP contribution in [0.25, 0.3) is 22.3 Å². The van der Waals surface area contributed by atoms with Crippen LogP contribution in [0, 0.1) is 0 Å². The van der Waals surface area contributed by atoms with E-state index in [0.717, 1.165) is 17.8 Å². The minimum Gasteiger partial charge on any atom is -0.355 e. The summed E-state index contributed by atoms with van der Waals surface area (Å²) < 4.78 is 0. The molecule has 0 unspecified atom stereocenters. The van der Waals surface area contributed by atoms with Gasteiger partial charge in [-0.05, 0) is 97.4 Å². The number of rotatable bonds is 7. The summed E-state index contributed by atoms with van der Waals surface area (Å²) in [5.41, 5.74) is 14.1. The fourth-order valence-electron chi connectivity index (χ4n) is 5.09. The van der Waals surface area contributed by atoms with Crippen molar-refractivity contribution in [3.8, 4) is 11.1 Å². The quantitative estimate of drug-likeness (QED) is 0.336. The Balaban J connectivity index is 1.69. The fraction of sp³-hybridized carbons (Fsp3) is 0.257. The molecular formula is C35H39N. The molecule has 0 fully saturated rings. The van der Waals surface area contributed by atoms with Crippen LogP contribution in [-0.2, 0) is 5.41 Å². The van der Waals surface area contributed by atoms with Crippen molar-refractivity contribution in [2.45, 2.75) is 60.3 Å². The molecule has 0 atom stereocenters. The molecule has 0 radical (unpaired) electrons. The minimum absolute atomic E-state index is 0.00852. The molecule has 0 saturated heterocycles. The molecule has 1 aliphatic rings. The topological polar surface area (TPSA) is 12.0 Å². The Hall–Kier alpha value is -3.58. The van der Waals surface area contributed by atoms with Crippen LogP contribution in [-0.4, -0.2) is 0 Å². The van der Waals surface area contributed by atoms with E-state index in [1.807, 2.05) is 0 Å². The van der Waals surface area contributed by atoms with E-state index in [0.29, 0.717) is 0 Å². The van der Waals surface area contributed by atoms with E-state index in [2.05, 4.69) is 145 Å². The third-order valence-corrected chi connectivity index (χ3v) is 7.64. The molecule has 0 aromatic heterocycles. The maximum atomic E-state index is 3.73. The van der Waals surface area contributed by atoms with Crippen LogP contribution >= 0.6 is 0 Å². The molecule has 1 nitrogen and oxygen atoms in total. The molecule has 0 amide bonds. The summed E-state index contributed by atoms with van der Waals surface area (Å²) in [4.78, 5) is 0. The number of nitrogens with one attached hydrogen (secondary N) is 1. The molecule has 1 aliphatic carbocycles. The lowest BCUT2D eigenvalue weighted by Gasteiger charge is -2.23. The molecule has 1 heteroatoms. The molecule has 0 bridgehead atoms. The van der Waals surface area contributed by atoms with E-state index in [1.165, 1.54) is 50.1 Å². The van der Waals surface area contributed by atoms with E-state index in [4.69, 9.17) is 0 Å². The second-order valence-corrected chi connectivity index (χ2v) is 10.4. The van der Waals surface area contributed by atoms with E-state index in [9.17, 15) is 0 Å². The number of hydrogen-bond donors (Lipinski definition) is 1. The summed E-state index contributed by atoms with van der Waals surface area (Å²) in [5, 5.41) is 3.73. The van der Waals surface area contributed by atoms with Crippen molar-refractivity contribution < 1.29 is 0 Å². The lowest BCUT2D eigenvalue weighted by molar-refractivity contribution is 0.654. The Morgan fingerprint density at radius 2 is 1.69 bits per heavy atom. The van der Waals surface area contributed by atoms with Gasteiger partial charge in [-0.15, -0.1) is 0 Å². The van der Waals surface area contributed by atoms with Gasteiger partial charge in [0.2, 0.25) is 0 Å². The molecule has 0 spiro atoms. The first-order valence-electron chi connectivity index (χ1n) is 13.1. The van der Waals surface area contributed by atoms with Crippen molar-refractivity contribution >= 4 is 22.5 Å². The predicted molar refractivity (Wildman–Crippen MR) is 160 cm³/mol. The average molecular weight is 474 g/mol. The monoisotopic (exact) mass is 473 g/mol. The van der Waals surface area contributed by atoms with Crippen LogP contribution in [0.5, 0.6) is 0 Å². The van der Waals surface area contributed by atoms with Gasteiger partial charge in [-0.25, -0.2) is 0 Å². The van der Waals surface area contributed by atoms with E-state index in [-0.39, 0.29) is 5.41 Å². The highest BCUT2D eigenvalue weighted by molar-refractivity contribution is 5.86. The first-order chi connectivity index (χ1) is 17.3. The molecule has 36 heavy (non-hydrogen) atoms. The smallest absolute Gasteiger partial charge is 0.0463 e. The van der Waals surface area contributed by atoms with Crippen LogP contribution in [0.3, 0.4) is 0 Å². The molecule has 184 valence electrons. The first-order valence-corrected chi connectivity index (χ1v) is 13.1. The zero-order chi connectivity index (χ0) is 25.9. The summed E-state index contributed by atoms with van der Waals surface area (Å²) in [6.45, 7) is 15.6. The minimum atomic E-state index is -0.00852. The normalized spacial score (nSPS) is 15.5. The van der Waals surface area contributed by atoms with Gasteiger partial charge in [0.15, 0.2) is 0 Å². The Labute approximate surface area is 218 Å². The largest absolute Gasteiger partial charge is 0.355 e. The third-order valence-electron chi connectivity index (χ3n) is 7.64. The van der Waals surface area contributed by atoms with Crippen molar-refractivity contribution in [2.24, 2.45) is 0 Å². The number of fused-ring (bicyclic) bond motifs is 1. The van der Waals surface area contributed by atoms with Crippen molar-refractivity contribution in [3.05, 3.63) is 119 Å². The highest BCUT2D eigenvalue weighted by atomic mass is 14.9. The van der Waals surface area contributed by atoms with Gasteiger partial charge in [0.25, 0.3) is 0 Å². The van der Waals surface area contributed by atoms with E-state index in [1.54, 1.807) is 0 Å². The Bertz CT molecular complexity index is 1390. The van der Waals surface area contributed by atoms with Gasteiger partial charge in [-0.1, -0.05) is 93.1 Å². The molecule has 1 N–H and O–H groups in total. The fourth-order valence-corrected chi connectivity index (χ4v) is 5.09. The number of hydrogen-bond acceptors (Lipinski definition) is 1. The number of benzene rings is 3. The first kappa shape index (κ1) is 25.5. The lowest BCUT2D eigenvalue weighted by Crippen LogP contribution is -2.16. The van der Waals surface area contributed by atoms with Crippen LogP contribution in [0.1, 0.15) is 71.6 Å². The summed E-state index contributed by atoms with van der Waals surface area (Å²) >= 11 is 0. The third kappa shape index (κ3) is 5.02. The van der Waals surface area contributed by atoms with Gasteiger partial charge in [0.05, 0.1) is 0 Å². The average Bonchev–Trinajstić information content (AvgIpc) is 3.08. The Kier molecular flexibility index (Phi) is 7.50. The summed E-state index contributed by atoms with van der Waals surface area (Å²) in [7, 11) is 0. The molecule has 4 rings (SSSR count). The number of anilines is 2. The zero-order valence-corrected chi connectivity index (χ0v) is 22.9. The highest BCUT2D eigenvalue weighted by Gasteiger charge is 2.34. The maximum absolute atomic E-state index is 3.73. The van der Waals surface area contributed by atoms with Crippen molar-refractivity contribution in [1.82, 2.24) is 0 Å². The number of allylic oxidation sites excluding steroid dienone is 8. The van der Waals surface area contributed by atoms with Gasteiger partial charge in [0.1, 0.15) is 0 Å². The second-order valence-electron chi connectivity index (χ2n) is 10.4. The summed E-state index contributed by atoms with van der Waals surface area (Å²) in [5.74, 6) is 0. The summed E-state index contributed by atoms with van der Waals surface area (Å²) in [6, 6.07) is 24.2. The van der Waals surface area contributed by atoms with Crippen LogP contribution in [0.15, 0.2) is 102 Å². The Morgan fingerprint density at radius 3 is 2.44 bits per heavy atom. The second kappa shape index (κ2) is 10.6. The van der Waals surface area contributed by atoms with Crippen LogP contribution in [0.2, 0.25) is 0 Å². The summed E-state index contributed by atoms with van der Waals surface area (Å²) in [6.07, 6.45) is 9.99. The molecule has 0 saturated carbocycles. The Morgan fingerprint density at radius 1 is 0.917 bits per heavy atom. The predicted octanol–water partition coefficient (Wildman–Crippen LogP) is 10.5. The molecule has 3 aromatic carbocycles. The molecule has 0 heterocycles. The van der Waals surface area contributed by atoms with Crippen molar-refractivity contribution in [2.75, 3.05) is 5.32 Å². The number of para-hydroxylation sites is 1. The highest BCUT2D eigenvalue weighted by Crippen LogP contribution is 2.47. The van der Waals surface area contributed by atoms with Gasteiger partial charge < -0.3 is 5.32 Å². The lowest BCUT2D eigenvalue weighted by atomic mass is 9.81. The molecule has 0 aliphatic heterocycles. The van der Waals surface area contributed by atoms with Gasteiger partial charge in [-0.2, -0.15) is 0 Å². The van der Waals surface area contributed by atoms with Crippen LogP contribution < -0.4 is 5.32 Å². The van der Waals surface area contributed by atoms with E-state index < -0.39 is 0 Å². The van der Waals surface area contributed by atoms with Crippen molar-refractivity contribution in [1.29, 1.82) is 0 Å². The van der Waals surface area contributed by atoms with Crippen LogP contribution in [0.4, 0.5) is 11.4 Å². The van der Waals surface area contributed by atoms with Gasteiger partial charge >= 0.3 is 0 Å². The standard InChI is InChI=1S/C35H39N/c1-8-24(3)14-12-18-32-26(5)31-23-29(20-21-33(31)35(32,6)7)36-34-19-11-10-17-30(34)28-16-13-15-27(22-28)25(4)9-2/h9-23,36H,8H2,1-7H3/b18-12-,24-14+,25-9+. The molecular weight excluding hydrogens is 434 g/mol. The maximum Gasteiger partial charge on any atom is 0.0463 e. The van der Waals surface area contributed by atoms with Gasteiger partial charge in [0, 0.05) is 22.4 Å². The van der Waals surface area contributed by atoms with Crippen molar-refractivity contribution in [3.63, 3.8) is 0 Å². The zero-order valence-electron chi connectivity index (χ0n) is 22.9. The molecule has 3 aromatic rings. The SMILES string of the molecule is C/C=C(\C)c1cccc(-c2ccccc2Nc2ccc3c(c2)C(C)=C(/C=C\C=C(/C)CC)C3(C)C)c1. The van der Waals surface area contributed by atoms with Gasteiger partial charge in [-0.3, -0.25) is 0 Å². The van der Waals surface area contributed by atoms with E-state index >= 15 is 0 Å².